The number of carbonyl (C=O) groups is 1. The number of hydrogen-bond acceptors (Lipinski definition) is 1. The Hall–Kier alpha value is -1.31. The summed E-state index contributed by atoms with van der Waals surface area (Å²) in [4.78, 5) is 14.6. The van der Waals surface area contributed by atoms with Gasteiger partial charge in [0.25, 0.3) is 5.91 Å². The molecular formula is C17H25NO. The molecule has 2 nitrogen and oxygen atoms in total. The van der Waals surface area contributed by atoms with Crippen molar-refractivity contribution < 1.29 is 4.79 Å². The maximum absolute atomic E-state index is 12.7. The minimum Gasteiger partial charge on any atom is -0.339 e. The van der Waals surface area contributed by atoms with Gasteiger partial charge < -0.3 is 4.90 Å². The van der Waals surface area contributed by atoms with E-state index in [1.54, 1.807) is 0 Å². The molecule has 0 aliphatic heterocycles. The Bertz CT molecular complexity index is 421. The second kappa shape index (κ2) is 6.74. The fourth-order valence-electron chi connectivity index (χ4n) is 3.04. The molecule has 0 N–H and O–H groups in total. The van der Waals surface area contributed by atoms with E-state index < -0.39 is 0 Å². The minimum absolute atomic E-state index is 0.205. The zero-order valence-corrected chi connectivity index (χ0v) is 12.2. The molecule has 19 heavy (non-hydrogen) atoms. The summed E-state index contributed by atoms with van der Waals surface area (Å²) < 4.78 is 0. The summed E-state index contributed by atoms with van der Waals surface area (Å²) in [7, 11) is 1.97. The third kappa shape index (κ3) is 3.37. The van der Waals surface area contributed by atoms with Gasteiger partial charge in [-0.05, 0) is 30.9 Å². The van der Waals surface area contributed by atoms with Crippen molar-refractivity contribution in [2.45, 2.75) is 57.9 Å². The summed E-state index contributed by atoms with van der Waals surface area (Å²) >= 11 is 0. The van der Waals surface area contributed by atoms with Gasteiger partial charge in [0.15, 0.2) is 0 Å². The topological polar surface area (TPSA) is 20.3 Å². The van der Waals surface area contributed by atoms with Gasteiger partial charge in [-0.25, -0.2) is 0 Å². The summed E-state index contributed by atoms with van der Waals surface area (Å²) in [5.74, 6) is 0.205. The zero-order valence-electron chi connectivity index (χ0n) is 12.2. The summed E-state index contributed by atoms with van der Waals surface area (Å²) in [5, 5.41) is 0. The van der Waals surface area contributed by atoms with Crippen molar-refractivity contribution in [1.82, 2.24) is 4.90 Å². The van der Waals surface area contributed by atoms with Crippen LogP contribution in [0.25, 0.3) is 0 Å². The highest BCUT2D eigenvalue weighted by Gasteiger charge is 2.23. The number of hydrogen-bond donors (Lipinski definition) is 0. The fourth-order valence-corrected chi connectivity index (χ4v) is 3.04. The first-order chi connectivity index (χ1) is 9.24. The summed E-state index contributed by atoms with van der Waals surface area (Å²) in [6, 6.07) is 8.51. The normalized spacial score (nSPS) is 16.3. The first-order valence-electron chi connectivity index (χ1n) is 7.59. The van der Waals surface area contributed by atoms with Gasteiger partial charge in [0, 0.05) is 18.7 Å². The van der Waals surface area contributed by atoms with Crippen LogP contribution < -0.4 is 0 Å². The monoisotopic (exact) mass is 259 g/mol. The van der Waals surface area contributed by atoms with Crippen molar-refractivity contribution in [3.8, 4) is 0 Å². The second-order valence-electron chi connectivity index (χ2n) is 5.62. The summed E-state index contributed by atoms with van der Waals surface area (Å²) in [6.45, 7) is 2.16. The molecule has 2 heteroatoms. The number of amides is 1. The average Bonchev–Trinajstić information content (AvgIpc) is 2.47. The molecule has 1 amide bonds. The molecule has 0 atom stereocenters. The molecule has 0 unspecified atom stereocenters. The van der Waals surface area contributed by atoms with E-state index in [0.717, 1.165) is 31.2 Å². The number of rotatable bonds is 4. The van der Waals surface area contributed by atoms with Crippen LogP contribution >= 0.6 is 0 Å². The molecule has 104 valence electrons. The van der Waals surface area contributed by atoms with Crippen LogP contribution in [0.4, 0.5) is 0 Å². The van der Waals surface area contributed by atoms with Crippen LogP contribution in [-0.2, 0) is 6.42 Å². The summed E-state index contributed by atoms with van der Waals surface area (Å²) in [5.41, 5.74) is 2.09. The van der Waals surface area contributed by atoms with Crippen molar-refractivity contribution in [3.63, 3.8) is 0 Å². The lowest BCUT2D eigenvalue weighted by Gasteiger charge is -2.31. The highest BCUT2D eigenvalue weighted by Crippen LogP contribution is 2.23. The van der Waals surface area contributed by atoms with E-state index >= 15 is 0 Å². The van der Waals surface area contributed by atoms with Crippen LogP contribution in [0.1, 0.15) is 61.4 Å². The Morgan fingerprint density at radius 3 is 2.58 bits per heavy atom. The fraction of sp³-hybridized carbons (Fsp3) is 0.588. The second-order valence-corrected chi connectivity index (χ2v) is 5.62. The average molecular weight is 259 g/mol. The standard InChI is InChI=1S/C17H25NO/c1-3-9-14-10-7-8-13-16(14)17(19)18(2)15-11-5-4-6-12-15/h7-8,10,13,15H,3-6,9,11-12H2,1-2H3. The van der Waals surface area contributed by atoms with Gasteiger partial charge in [-0.1, -0.05) is 50.8 Å². The first-order valence-corrected chi connectivity index (χ1v) is 7.59. The van der Waals surface area contributed by atoms with Gasteiger partial charge in [-0.15, -0.1) is 0 Å². The van der Waals surface area contributed by atoms with Crippen molar-refractivity contribution >= 4 is 5.91 Å². The molecular weight excluding hydrogens is 234 g/mol. The predicted octanol–water partition coefficient (Wildman–Crippen LogP) is 4.04. The Morgan fingerprint density at radius 1 is 1.21 bits per heavy atom. The van der Waals surface area contributed by atoms with Crippen LogP contribution in [0, 0.1) is 0 Å². The molecule has 1 aliphatic rings. The Balaban J connectivity index is 2.13. The van der Waals surface area contributed by atoms with Gasteiger partial charge in [0.2, 0.25) is 0 Å². The zero-order chi connectivity index (χ0) is 13.7. The molecule has 1 aliphatic carbocycles. The molecule has 0 radical (unpaired) electrons. The van der Waals surface area contributed by atoms with Crippen LogP contribution in [0.15, 0.2) is 24.3 Å². The predicted molar refractivity (Wildman–Crippen MR) is 79.4 cm³/mol. The van der Waals surface area contributed by atoms with Gasteiger partial charge in [0.1, 0.15) is 0 Å². The Labute approximate surface area is 116 Å². The van der Waals surface area contributed by atoms with Crippen LogP contribution in [0.5, 0.6) is 0 Å². The number of benzene rings is 1. The maximum atomic E-state index is 12.7. The molecule has 0 heterocycles. The third-order valence-corrected chi connectivity index (χ3v) is 4.21. The van der Waals surface area contributed by atoms with Crippen LogP contribution in [0.2, 0.25) is 0 Å². The SMILES string of the molecule is CCCc1ccccc1C(=O)N(C)C1CCCCC1. The van der Waals surface area contributed by atoms with E-state index in [-0.39, 0.29) is 5.91 Å². The molecule has 0 bridgehead atoms. The number of aryl methyl sites for hydroxylation is 1. The minimum atomic E-state index is 0.205. The van der Waals surface area contributed by atoms with Gasteiger partial charge in [-0.2, -0.15) is 0 Å². The molecule has 1 saturated carbocycles. The lowest BCUT2D eigenvalue weighted by Crippen LogP contribution is -2.38. The quantitative estimate of drug-likeness (QED) is 0.799. The van der Waals surface area contributed by atoms with Gasteiger partial charge in [0.05, 0.1) is 0 Å². The smallest absolute Gasteiger partial charge is 0.254 e. The molecule has 0 saturated heterocycles. The maximum Gasteiger partial charge on any atom is 0.254 e. The molecule has 0 spiro atoms. The molecule has 1 aromatic carbocycles. The van der Waals surface area contributed by atoms with E-state index in [2.05, 4.69) is 13.0 Å². The lowest BCUT2D eigenvalue weighted by atomic mass is 9.93. The Morgan fingerprint density at radius 2 is 1.89 bits per heavy atom. The molecule has 2 rings (SSSR count). The van der Waals surface area contributed by atoms with Crippen LogP contribution in [-0.4, -0.2) is 23.9 Å². The molecule has 1 fully saturated rings. The van der Waals surface area contributed by atoms with Crippen molar-refractivity contribution in [1.29, 1.82) is 0 Å². The van der Waals surface area contributed by atoms with Crippen LogP contribution in [0.3, 0.4) is 0 Å². The number of nitrogens with zero attached hydrogens (tertiary/aromatic N) is 1. The van der Waals surface area contributed by atoms with E-state index in [0.29, 0.717) is 6.04 Å². The van der Waals surface area contributed by atoms with Gasteiger partial charge >= 0.3 is 0 Å². The lowest BCUT2D eigenvalue weighted by molar-refractivity contribution is 0.0695. The van der Waals surface area contributed by atoms with E-state index in [1.807, 2.05) is 30.1 Å². The highest BCUT2D eigenvalue weighted by atomic mass is 16.2. The van der Waals surface area contributed by atoms with Crippen molar-refractivity contribution in [2.75, 3.05) is 7.05 Å². The largest absolute Gasteiger partial charge is 0.339 e. The first kappa shape index (κ1) is 14.1. The molecule has 1 aromatic rings. The highest BCUT2D eigenvalue weighted by molar-refractivity contribution is 5.95. The van der Waals surface area contributed by atoms with E-state index in [1.165, 1.54) is 24.8 Å². The number of carbonyl (C=O) groups excluding carboxylic acids is 1. The van der Waals surface area contributed by atoms with Crippen molar-refractivity contribution in [3.05, 3.63) is 35.4 Å². The molecule has 0 aromatic heterocycles. The Kier molecular flexibility index (Phi) is 5.00. The van der Waals surface area contributed by atoms with E-state index in [9.17, 15) is 4.79 Å². The van der Waals surface area contributed by atoms with Crippen molar-refractivity contribution in [2.24, 2.45) is 0 Å². The van der Waals surface area contributed by atoms with Gasteiger partial charge in [-0.3, -0.25) is 4.79 Å². The summed E-state index contributed by atoms with van der Waals surface area (Å²) in [6.07, 6.45) is 8.25. The van der Waals surface area contributed by atoms with E-state index in [4.69, 9.17) is 0 Å². The third-order valence-electron chi connectivity index (χ3n) is 4.21.